The van der Waals surface area contributed by atoms with Gasteiger partial charge in [-0.25, -0.2) is 0 Å². The van der Waals surface area contributed by atoms with E-state index >= 15 is 0 Å². The first-order valence-corrected chi connectivity index (χ1v) is 10.5. The minimum Gasteiger partial charge on any atom is -0.320 e. The Morgan fingerprint density at radius 1 is 1.03 bits per heavy atom. The van der Waals surface area contributed by atoms with Gasteiger partial charge in [-0.1, -0.05) is 29.8 Å². The van der Waals surface area contributed by atoms with Crippen molar-refractivity contribution in [1.29, 1.82) is 0 Å². The van der Waals surface area contributed by atoms with Crippen LogP contribution in [0.15, 0.2) is 76.9 Å². The van der Waals surface area contributed by atoms with E-state index in [1.165, 1.54) is 30.3 Å². The smallest absolute Gasteiger partial charge is 0.272 e. The van der Waals surface area contributed by atoms with Gasteiger partial charge in [-0.3, -0.25) is 19.7 Å². The van der Waals surface area contributed by atoms with Crippen LogP contribution < -0.4 is 10.6 Å². The summed E-state index contributed by atoms with van der Waals surface area (Å²) in [6.07, 6.45) is 1.44. The largest absolute Gasteiger partial charge is 0.320 e. The van der Waals surface area contributed by atoms with Crippen LogP contribution in [0.3, 0.4) is 0 Å². The molecule has 0 fully saturated rings. The summed E-state index contributed by atoms with van der Waals surface area (Å²) in [7, 11) is 0. The molecular weight excluding hydrogens is 498 g/mol. The highest BCUT2D eigenvalue weighted by Gasteiger charge is 2.18. The van der Waals surface area contributed by atoms with Gasteiger partial charge in [0.1, 0.15) is 5.70 Å². The maximum absolute atomic E-state index is 13.1. The Bertz CT molecular complexity index is 1230. The topological polar surface area (TPSA) is 101 Å². The molecule has 3 aromatic rings. The number of nitrogens with zero attached hydrogens (tertiary/aromatic N) is 1. The number of anilines is 1. The van der Waals surface area contributed by atoms with Crippen LogP contribution in [0.5, 0.6) is 0 Å². The van der Waals surface area contributed by atoms with Crippen LogP contribution in [0, 0.1) is 17.0 Å². The first-order chi connectivity index (χ1) is 15.3. The van der Waals surface area contributed by atoms with Gasteiger partial charge >= 0.3 is 0 Å². The van der Waals surface area contributed by atoms with Crippen LogP contribution >= 0.6 is 27.5 Å². The van der Waals surface area contributed by atoms with Crippen molar-refractivity contribution in [3.05, 3.63) is 109 Å². The molecule has 0 heterocycles. The Morgan fingerprint density at radius 2 is 1.72 bits per heavy atom. The SMILES string of the molecule is Cc1c(Cl)cccc1NC(=O)/C(=C\c1ccc([N+](=O)[O-])cc1)NC(=O)c1ccccc1Br. The summed E-state index contributed by atoms with van der Waals surface area (Å²) in [5.74, 6) is -1.07. The van der Waals surface area contributed by atoms with Crippen molar-refractivity contribution in [3.63, 3.8) is 0 Å². The van der Waals surface area contributed by atoms with Crippen LogP contribution in [0.1, 0.15) is 21.5 Å². The number of nitro benzene ring substituents is 1. The van der Waals surface area contributed by atoms with Crippen LogP contribution in [-0.4, -0.2) is 16.7 Å². The number of carbonyl (C=O) groups is 2. The minimum atomic E-state index is -0.575. The lowest BCUT2D eigenvalue weighted by atomic mass is 10.1. The molecule has 0 bridgehead atoms. The number of hydrogen-bond acceptors (Lipinski definition) is 4. The molecule has 0 aromatic heterocycles. The van der Waals surface area contributed by atoms with Gasteiger partial charge in [-0.2, -0.15) is 0 Å². The van der Waals surface area contributed by atoms with Crippen LogP contribution in [-0.2, 0) is 4.79 Å². The van der Waals surface area contributed by atoms with E-state index in [2.05, 4.69) is 26.6 Å². The summed E-state index contributed by atoms with van der Waals surface area (Å²) in [5.41, 5.74) is 1.88. The summed E-state index contributed by atoms with van der Waals surface area (Å²) in [5, 5.41) is 16.8. The first kappa shape index (κ1) is 23.2. The van der Waals surface area contributed by atoms with Gasteiger partial charge in [0.25, 0.3) is 17.5 Å². The minimum absolute atomic E-state index is 0.0426. The van der Waals surface area contributed by atoms with E-state index < -0.39 is 16.7 Å². The van der Waals surface area contributed by atoms with Crippen molar-refractivity contribution in [2.24, 2.45) is 0 Å². The number of benzene rings is 3. The molecular formula is C23H17BrClN3O4. The van der Waals surface area contributed by atoms with Crippen molar-refractivity contribution in [2.45, 2.75) is 6.92 Å². The van der Waals surface area contributed by atoms with Gasteiger partial charge in [0.2, 0.25) is 0 Å². The summed E-state index contributed by atoms with van der Waals surface area (Å²) >= 11 is 9.46. The van der Waals surface area contributed by atoms with Crippen molar-refractivity contribution in [3.8, 4) is 0 Å². The fourth-order valence-electron chi connectivity index (χ4n) is 2.78. The van der Waals surface area contributed by atoms with Gasteiger partial charge in [-0.15, -0.1) is 0 Å². The lowest BCUT2D eigenvalue weighted by molar-refractivity contribution is -0.384. The maximum atomic E-state index is 13.1. The maximum Gasteiger partial charge on any atom is 0.272 e. The number of amides is 2. The highest BCUT2D eigenvalue weighted by Crippen LogP contribution is 2.24. The van der Waals surface area contributed by atoms with Crippen molar-refractivity contribution < 1.29 is 14.5 Å². The number of nitro groups is 1. The molecule has 0 saturated carbocycles. The van der Waals surface area contributed by atoms with E-state index in [0.717, 1.165) is 0 Å². The molecule has 7 nitrogen and oxygen atoms in total. The van der Waals surface area contributed by atoms with Crippen LogP contribution in [0.2, 0.25) is 5.02 Å². The number of halogens is 2. The highest BCUT2D eigenvalue weighted by atomic mass is 79.9. The highest BCUT2D eigenvalue weighted by molar-refractivity contribution is 9.10. The number of non-ortho nitro benzene ring substituents is 1. The molecule has 0 aliphatic carbocycles. The van der Waals surface area contributed by atoms with Gasteiger partial charge in [0, 0.05) is 27.3 Å². The quantitative estimate of drug-likeness (QED) is 0.249. The fraction of sp³-hybridized carbons (Fsp3) is 0.0435. The van der Waals surface area contributed by atoms with Crippen molar-refractivity contribution >= 4 is 56.8 Å². The Balaban J connectivity index is 1.95. The van der Waals surface area contributed by atoms with E-state index in [4.69, 9.17) is 11.6 Å². The third kappa shape index (κ3) is 5.60. The molecule has 32 heavy (non-hydrogen) atoms. The lowest BCUT2D eigenvalue weighted by Crippen LogP contribution is -2.31. The van der Waals surface area contributed by atoms with E-state index in [0.29, 0.717) is 31.9 Å². The van der Waals surface area contributed by atoms with Gasteiger partial charge in [0.05, 0.1) is 10.5 Å². The normalized spacial score (nSPS) is 11.0. The van der Waals surface area contributed by atoms with E-state index in [1.54, 1.807) is 49.4 Å². The van der Waals surface area contributed by atoms with Gasteiger partial charge in [0.15, 0.2) is 0 Å². The van der Waals surface area contributed by atoms with E-state index in [1.807, 2.05) is 0 Å². The van der Waals surface area contributed by atoms with E-state index in [-0.39, 0.29) is 11.4 Å². The molecule has 3 aromatic carbocycles. The van der Waals surface area contributed by atoms with Crippen LogP contribution in [0.4, 0.5) is 11.4 Å². The third-order valence-electron chi connectivity index (χ3n) is 4.54. The Hall–Kier alpha value is -3.49. The Kier molecular flexibility index (Phi) is 7.40. The molecule has 0 aliphatic heterocycles. The average molecular weight is 515 g/mol. The second-order valence-electron chi connectivity index (χ2n) is 6.71. The molecule has 3 rings (SSSR count). The second-order valence-corrected chi connectivity index (χ2v) is 7.97. The third-order valence-corrected chi connectivity index (χ3v) is 5.64. The zero-order valence-electron chi connectivity index (χ0n) is 16.8. The molecule has 162 valence electrons. The summed E-state index contributed by atoms with van der Waals surface area (Å²) in [6, 6.07) is 17.5. The molecule has 2 amide bonds. The fourth-order valence-corrected chi connectivity index (χ4v) is 3.42. The zero-order valence-corrected chi connectivity index (χ0v) is 19.1. The predicted molar refractivity (Wildman–Crippen MR) is 128 cm³/mol. The average Bonchev–Trinajstić information content (AvgIpc) is 2.77. The van der Waals surface area contributed by atoms with Crippen LogP contribution in [0.25, 0.3) is 6.08 Å². The number of hydrogen-bond donors (Lipinski definition) is 2. The molecule has 0 radical (unpaired) electrons. The summed E-state index contributed by atoms with van der Waals surface area (Å²) in [4.78, 5) is 36.2. The first-order valence-electron chi connectivity index (χ1n) is 9.35. The molecule has 9 heteroatoms. The number of nitrogens with one attached hydrogen (secondary N) is 2. The Labute approximate surface area is 197 Å². The summed E-state index contributed by atoms with van der Waals surface area (Å²) in [6.45, 7) is 1.76. The van der Waals surface area contributed by atoms with Gasteiger partial charge < -0.3 is 10.6 Å². The summed E-state index contributed by atoms with van der Waals surface area (Å²) < 4.78 is 0.568. The predicted octanol–water partition coefficient (Wildman–Crippen LogP) is 5.73. The van der Waals surface area contributed by atoms with Gasteiger partial charge in [-0.05, 0) is 76.5 Å². The van der Waals surface area contributed by atoms with Crippen molar-refractivity contribution in [2.75, 3.05) is 5.32 Å². The molecule has 0 aliphatic rings. The second kappa shape index (κ2) is 10.2. The monoisotopic (exact) mass is 513 g/mol. The molecule has 0 spiro atoms. The molecule has 2 N–H and O–H groups in total. The van der Waals surface area contributed by atoms with E-state index in [9.17, 15) is 19.7 Å². The number of carbonyl (C=O) groups excluding carboxylic acids is 2. The Morgan fingerprint density at radius 3 is 2.38 bits per heavy atom. The molecule has 0 atom stereocenters. The zero-order chi connectivity index (χ0) is 23.3. The molecule has 0 unspecified atom stereocenters. The standard InChI is InChI=1S/C23H17BrClN3O4/c1-14-19(25)7-4-8-20(14)26-23(30)21(13-15-9-11-16(12-10-15)28(31)32)27-22(29)17-5-2-3-6-18(17)24/h2-13H,1H3,(H,26,30)(H,27,29)/b21-13+. The number of rotatable bonds is 6. The lowest BCUT2D eigenvalue weighted by Gasteiger charge is -2.14. The molecule has 0 saturated heterocycles. The van der Waals surface area contributed by atoms with Crippen molar-refractivity contribution in [1.82, 2.24) is 5.32 Å².